The van der Waals surface area contributed by atoms with Gasteiger partial charge in [-0.25, -0.2) is 4.98 Å². The number of nitrogens with zero attached hydrogens (tertiary/aromatic N) is 1. The van der Waals surface area contributed by atoms with Crippen molar-refractivity contribution in [1.82, 2.24) is 9.97 Å². The number of aromatic amines is 1. The van der Waals surface area contributed by atoms with E-state index in [1.165, 1.54) is 29.0 Å². The second-order valence-corrected chi connectivity index (χ2v) is 7.46. The van der Waals surface area contributed by atoms with E-state index in [0.29, 0.717) is 5.89 Å². The van der Waals surface area contributed by atoms with Crippen LogP contribution in [0.15, 0.2) is 65.1 Å². The summed E-state index contributed by atoms with van der Waals surface area (Å²) in [6.07, 6.45) is 0.848. The van der Waals surface area contributed by atoms with E-state index >= 15 is 0 Å². The molecule has 140 valence electrons. The Bertz CT molecular complexity index is 1410. The molecule has 1 aliphatic carbocycles. The van der Waals surface area contributed by atoms with Crippen molar-refractivity contribution in [1.29, 1.82) is 0 Å². The second-order valence-electron chi connectivity index (χ2n) is 7.46. The summed E-state index contributed by atoms with van der Waals surface area (Å²) >= 11 is 0. The molecule has 6 rings (SSSR count). The van der Waals surface area contributed by atoms with Crippen LogP contribution in [0.4, 0.5) is 5.69 Å². The Labute approximate surface area is 166 Å². The molecule has 2 heterocycles. The summed E-state index contributed by atoms with van der Waals surface area (Å²) in [6, 6.07) is 20.2. The molecule has 1 aliphatic rings. The van der Waals surface area contributed by atoms with Crippen molar-refractivity contribution < 1.29 is 9.21 Å². The maximum Gasteiger partial charge on any atom is 0.227 e. The van der Waals surface area contributed by atoms with Crippen molar-refractivity contribution in [2.45, 2.75) is 13.3 Å². The van der Waals surface area contributed by atoms with Crippen LogP contribution in [0.25, 0.3) is 44.7 Å². The van der Waals surface area contributed by atoms with E-state index in [1.54, 1.807) is 0 Å². The van der Waals surface area contributed by atoms with Gasteiger partial charge in [-0.2, -0.15) is 0 Å². The standard InChI is InChI=1S/C24H17N3O2/c1-13(28)25-16-7-9-17-15(10-16)11-19-18-8-6-14(12-21(18)26-23(17)19)24-27-20-4-2-3-5-22(20)29-24/h2-10,12,26H,11H2,1H3,(H,25,28). The molecule has 0 fully saturated rings. The van der Waals surface area contributed by atoms with E-state index in [0.717, 1.165) is 40.0 Å². The number of oxazole rings is 1. The summed E-state index contributed by atoms with van der Waals surface area (Å²) in [7, 11) is 0. The third kappa shape index (κ3) is 2.48. The van der Waals surface area contributed by atoms with E-state index in [1.807, 2.05) is 30.3 Å². The number of aromatic nitrogens is 2. The molecule has 5 nitrogen and oxygen atoms in total. The molecule has 2 N–H and O–H groups in total. The molecule has 0 aliphatic heterocycles. The van der Waals surface area contributed by atoms with Crippen LogP contribution >= 0.6 is 0 Å². The first-order valence-electron chi connectivity index (χ1n) is 9.57. The minimum Gasteiger partial charge on any atom is -0.436 e. The van der Waals surface area contributed by atoms with E-state index < -0.39 is 0 Å². The number of anilines is 1. The Hall–Kier alpha value is -3.86. The Kier molecular flexibility index (Phi) is 3.23. The van der Waals surface area contributed by atoms with Gasteiger partial charge in [-0.1, -0.05) is 24.3 Å². The van der Waals surface area contributed by atoms with Gasteiger partial charge in [-0.15, -0.1) is 0 Å². The summed E-state index contributed by atoms with van der Waals surface area (Å²) in [6.45, 7) is 1.53. The van der Waals surface area contributed by atoms with Crippen LogP contribution in [0.3, 0.4) is 0 Å². The minimum absolute atomic E-state index is 0.0568. The van der Waals surface area contributed by atoms with Gasteiger partial charge < -0.3 is 14.7 Å². The molecule has 0 atom stereocenters. The molecule has 2 aromatic heterocycles. The highest BCUT2D eigenvalue weighted by Crippen LogP contribution is 2.42. The molecular weight excluding hydrogens is 362 g/mol. The summed E-state index contributed by atoms with van der Waals surface area (Å²) in [5.74, 6) is 0.571. The molecule has 0 unspecified atom stereocenters. The largest absolute Gasteiger partial charge is 0.436 e. The lowest BCUT2D eigenvalue weighted by Gasteiger charge is -2.06. The fourth-order valence-corrected chi connectivity index (χ4v) is 4.25. The zero-order valence-corrected chi connectivity index (χ0v) is 15.7. The third-order valence-electron chi connectivity index (χ3n) is 5.51. The van der Waals surface area contributed by atoms with Gasteiger partial charge in [0.2, 0.25) is 11.8 Å². The molecular formula is C24H17N3O2. The molecule has 1 amide bonds. The fraction of sp³-hybridized carbons (Fsp3) is 0.0833. The molecule has 3 aromatic carbocycles. The van der Waals surface area contributed by atoms with Crippen LogP contribution in [0.5, 0.6) is 0 Å². The summed E-state index contributed by atoms with van der Waals surface area (Å²) in [4.78, 5) is 19.5. The van der Waals surface area contributed by atoms with Crippen molar-refractivity contribution in [3.05, 3.63) is 71.8 Å². The number of nitrogens with one attached hydrogen (secondary N) is 2. The monoisotopic (exact) mass is 379 g/mol. The Morgan fingerprint density at radius 3 is 2.86 bits per heavy atom. The minimum atomic E-state index is -0.0568. The van der Waals surface area contributed by atoms with Crippen molar-refractivity contribution in [3.63, 3.8) is 0 Å². The zero-order valence-electron chi connectivity index (χ0n) is 15.7. The number of amides is 1. The van der Waals surface area contributed by atoms with Gasteiger partial charge in [-0.05, 0) is 47.5 Å². The summed E-state index contributed by atoms with van der Waals surface area (Å²) < 4.78 is 5.92. The SMILES string of the molecule is CC(=O)Nc1ccc2c(c1)Cc1c-2[nH]c2cc(-c3nc4ccccc4o3)ccc12. The number of hydrogen-bond acceptors (Lipinski definition) is 3. The lowest BCUT2D eigenvalue weighted by molar-refractivity contribution is -0.114. The van der Waals surface area contributed by atoms with Crippen molar-refractivity contribution in [2.75, 3.05) is 5.32 Å². The lowest BCUT2D eigenvalue weighted by atomic mass is 10.1. The van der Waals surface area contributed by atoms with Gasteiger partial charge in [-0.3, -0.25) is 4.79 Å². The van der Waals surface area contributed by atoms with Gasteiger partial charge in [0.1, 0.15) is 5.52 Å². The normalized spacial score (nSPS) is 12.3. The van der Waals surface area contributed by atoms with Crippen molar-refractivity contribution in [2.24, 2.45) is 0 Å². The first kappa shape index (κ1) is 16.1. The van der Waals surface area contributed by atoms with Gasteiger partial charge in [0, 0.05) is 41.1 Å². The fourth-order valence-electron chi connectivity index (χ4n) is 4.25. The molecule has 0 spiro atoms. The maximum absolute atomic E-state index is 11.3. The van der Waals surface area contributed by atoms with Crippen LogP contribution in [0, 0.1) is 0 Å². The van der Waals surface area contributed by atoms with Gasteiger partial charge in [0.05, 0.1) is 5.69 Å². The van der Waals surface area contributed by atoms with E-state index in [4.69, 9.17) is 4.42 Å². The van der Waals surface area contributed by atoms with Crippen molar-refractivity contribution in [3.8, 4) is 22.7 Å². The Balaban J connectivity index is 1.43. The molecule has 5 aromatic rings. The van der Waals surface area contributed by atoms with E-state index in [2.05, 4.69) is 45.6 Å². The van der Waals surface area contributed by atoms with Crippen LogP contribution in [-0.4, -0.2) is 15.9 Å². The number of carbonyl (C=O) groups is 1. The number of benzene rings is 3. The Morgan fingerprint density at radius 1 is 1.10 bits per heavy atom. The highest BCUT2D eigenvalue weighted by Gasteiger charge is 2.24. The number of carbonyl (C=O) groups excluding carboxylic acids is 1. The zero-order chi connectivity index (χ0) is 19.5. The maximum atomic E-state index is 11.3. The third-order valence-corrected chi connectivity index (χ3v) is 5.51. The molecule has 0 saturated carbocycles. The molecule has 0 saturated heterocycles. The highest BCUT2D eigenvalue weighted by atomic mass is 16.3. The van der Waals surface area contributed by atoms with Gasteiger partial charge in [0.25, 0.3) is 0 Å². The molecule has 0 bridgehead atoms. The first-order chi connectivity index (χ1) is 14.2. The number of rotatable bonds is 2. The first-order valence-corrected chi connectivity index (χ1v) is 9.57. The predicted molar refractivity (Wildman–Crippen MR) is 114 cm³/mol. The predicted octanol–water partition coefficient (Wildman–Crippen LogP) is 5.51. The molecule has 5 heteroatoms. The second kappa shape index (κ2) is 5.82. The number of hydrogen-bond donors (Lipinski definition) is 2. The number of para-hydroxylation sites is 2. The summed E-state index contributed by atoms with van der Waals surface area (Å²) in [5.41, 5.74) is 9.38. The molecule has 29 heavy (non-hydrogen) atoms. The van der Waals surface area contributed by atoms with Gasteiger partial charge in [0.15, 0.2) is 5.58 Å². The van der Waals surface area contributed by atoms with E-state index in [9.17, 15) is 4.79 Å². The lowest BCUT2D eigenvalue weighted by Crippen LogP contribution is -2.05. The number of H-pyrrole nitrogens is 1. The Morgan fingerprint density at radius 2 is 2.00 bits per heavy atom. The highest BCUT2D eigenvalue weighted by molar-refractivity contribution is 5.97. The average Bonchev–Trinajstić information content (AvgIpc) is 3.37. The average molecular weight is 379 g/mol. The summed E-state index contributed by atoms with van der Waals surface area (Å²) in [5, 5.41) is 4.07. The van der Waals surface area contributed by atoms with Crippen LogP contribution in [0.1, 0.15) is 18.1 Å². The quantitative estimate of drug-likeness (QED) is 0.417. The molecule has 0 radical (unpaired) electrons. The van der Waals surface area contributed by atoms with Crippen LogP contribution in [-0.2, 0) is 11.2 Å². The topological polar surface area (TPSA) is 70.9 Å². The smallest absolute Gasteiger partial charge is 0.227 e. The van der Waals surface area contributed by atoms with Crippen molar-refractivity contribution >= 4 is 33.6 Å². The van der Waals surface area contributed by atoms with Gasteiger partial charge >= 0.3 is 0 Å². The van der Waals surface area contributed by atoms with E-state index in [-0.39, 0.29) is 5.91 Å². The van der Waals surface area contributed by atoms with Crippen LogP contribution < -0.4 is 5.32 Å². The van der Waals surface area contributed by atoms with Crippen LogP contribution in [0.2, 0.25) is 0 Å². The number of fused-ring (bicyclic) bond motifs is 6.